The van der Waals surface area contributed by atoms with Gasteiger partial charge in [-0.1, -0.05) is 35.9 Å². The van der Waals surface area contributed by atoms with E-state index >= 15 is 0 Å². The number of benzene rings is 2. The Hall–Kier alpha value is -2.37. The van der Waals surface area contributed by atoms with Gasteiger partial charge in [0.05, 0.1) is 11.9 Å². The van der Waals surface area contributed by atoms with Crippen molar-refractivity contribution in [3.63, 3.8) is 0 Å². The first-order valence-electron chi connectivity index (χ1n) is 7.40. The monoisotopic (exact) mass is 356 g/mol. The molecule has 3 rings (SSSR count). The fraction of sp³-hybridized carbons (Fsp3) is 0.111. The number of rotatable bonds is 5. The van der Waals surface area contributed by atoms with E-state index in [9.17, 15) is 0 Å². The van der Waals surface area contributed by atoms with Gasteiger partial charge in [-0.3, -0.25) is 5.43 Å². The van der Waals surface area contributed by atoms with E-state index in [2.05, 4.69) is 32.5 Å². The second kappa shape index (κ2) is 7.47. The number of nitrogens with zero attached hydrogens (tertiary/aromatic N) is 3. The zero-order valence-corrected chi connectivity index (χ0v) is 15.0. The smallest absolute Gasteiger partial charge is 0.203 e. The Morgan fingerprint density at radius 2 is 1.79 bits per heavy atom. The quantitative estimate of drug-likeness (QED) is 0.518. The number of hydrogen-bond acceptors (Lipinski definition) is 5. The van der Waals surface area contributed by atoms with Crippen LogP contribution < -0.4 is 10.3 Å². The van der Waals surface area contributed by atoms with Crippen LogP contribution in [0.3, 0.4) is 0 Å². The highest BCUT2D eigenvalue weighted by molar-refractivity contribution is 7.14. The summed E-state index contributed by atoms with van der Waals surface area (Å²) in [6.45, 7) is 0. The van der Waals surface area contributed by atoms with Gasteiger partial charge >= 0.3 is 0 Å². The highest BCUT2D eigenvalue weighted by Crippen LogP contribution is 2.25. The van der Waals surface area contributed by atoms with E-state index in [0.29, 0.717) is 0 Å². The van der Waals surface area contributed by atoms with E-state index in [1.54, 1.807) is 6.21 Å². The van der Waals surface area contributed by atoms with Gasteiger partial charge in [-0.25, -0.2) is 4.98 Å². The Balaban J connectivity index is 1.63. The molecule has 0 aliphatic rings. The highest BCUT2D eigenvalue weighted by atomic mass is 35.5. The zero-order chi connectivity index (χ0) is 16.9. The lowest BCUT2D eigenvalue weighted by atomic mass is 10.2. The largest absolute Gasteiger partial charge is 0.378 e. The van der Waals surface area contributed by atoms with Crippen LogP contribution in [0.25, 0.3) is 11.3 Å². The van der Waals surface area contributed by atoms with Crippen molar-refractivity contribution in [2.75, 3.05) is 24.4 Å². The van der Waals surface area contributed by atoms with Crippen molar-refractivity contribution in [3.8, 4) is 11.3 Å². The molecule has 0 fully saturated rings. The van der Waals surface area contributed by atoms with Gasteiger partial charge in [0.1, 0.15) is 0 Å². The standard InChI is InChI=1S/C18H17ClN4S/c1-23(2)16-9-3-13(4-10-16)11-20-22-18-21-17(12-24-18)14-5-7-15(19)8-6-14/h3-12H,1-2H3,(H,21,22). The summed E-state index contributed by atoms with van der Waals surface area (Å²) in [4.78, 5) is 6.59. The van der Waals surface area contributed by atoms with Gasteiger partial charge in [0, 0.05) is 35.7 Å². The molecule has 0 atom stereocenters. The molecule has 0 saturated heterocycles. The molecule has 0 aliphatic heterocycles. The Morgan fingerprint density at radius 1 is 1.08 bits per heavy atom. The van der Waals surface area contributed by atoms with Gasteiger partial charge in [0.15, 0.2) is 0 Å². The van der Waals surface area contributed by atoms with E-state index in [0.717, 1.165) is 32.7 Å². The molecule has 0 amide bonds. The number of nitrogens with one attached hydrogen (secondary N) is 1. The summed E-state index contributed by atoms with van der Waals surface area (Å²) in [7, 11) is 4.04. The topological polar surface area (TPSA) is 40.5 Å². The first-order chi connectivity index (χ1) is 11.6. The Labute approximate surface area is 150 Å². The molecule has 0 aliphatic carbocycles. The van der Waals surface area contributed by atoms with Crippen molar-refractivity contribution >= 4 is 40.0 Å². The molecule has 0 unspecified atom stereocenters. The third-order valence-corrected chi connectivity index (χ3v) is 4.43. The lowest BCUT2D eigenvalue weighted by Gasteiger charge is -2.11. The van der Waals surface area contributed by atoms with Gasteiger partial charge in [-0.05, 0) is 29.8 Å². The second-order valence-electron chi connectivity index (χ2n) is 5.40. The van der Waals surface area contributed by atoms with E-state index in [-0.39, 0.29) is 0 Å². The average molecular weight is 357 g/mol. The molecule has 0 saturated carbocycles. The van der Waals surface area contributed by atoms with Crippen molar-refractivity contribution < 1.29 is 0 Å². The number of anilines is 2. The normalized spacial score (nSPS) is 11.0. The molecule has 0 spiro atoms. The maximum Gasteiger partial charge on any atom is 0.203 e. The Bertz CT molecular complexity index is 823. The number of thiazole rings is 1. The minimum Gasteiger partial charge on any atom is -0.378 e. The molecule has 6 heteroatoms. The van der Waals surface area contributed by atoms with Crippen LogP contribution in [-0.2, 0) is 0 Å². The maximum absolute atomic E-state index is 5.91. The molecule has 0 bridgehead atoms. The lowest BCUT2D eigenvalue weighted by Crippen LogP contribution is -2.08. The fourth-order valence-electron chi connectivity index (χ4n) is 2.10. The Kier molecular flexibility index (Phi) is 5.13. The first kappa shape index (κ1) is 16.5. The van der Waals surface area contributed by atoms with Gasteiger partial charge in [0.25, 0.3) is 0 Å². The van der Waals surface area contributed by atoms with Crippen LogP contribution in [-0.4, -0.2) is 25.3 Å². The fourth-order valence-corrected chi connectivity index (χ4v) is 2.89. The summed E-state index contributed by atoms with van der Waals surface area (Å²) in [5.74, 6) is 0. The number of hydrogen-bond donors (Lipinski definition) is 1. The molecular formula is C18H17ClN4S. The van der Waals surface area contributed by atoms with Gasteiger partial charge in [-0.2, -0.15) is 5.10 Å². The molecule has 1 N–H and O–H groups in total. The molecule has 0 radical (unpaired) electrons. The van der Waals surface area contributed by atoms with Crippen molar-refractivity contribution in [2.24, 2.45) is 5.10 Å². The van der Waals surface area contributed by atoms with Gasteiger partial charge < -0.3 is 4.90 Å². The molecule has 3 aromatic rings. The molecule has 122 valence electrons. The predicted molar refractivity (Wildman–Crippen MR) is 105 cm³/mol. The molecule has 4 nitrogen and oxygen atoms in total. The number of hydrazone groups is 1. The lowest BCUT2D eigenvalue weighted by molar-refractivity contribution is 1.13. The van der Waals surface area contributed by atoms with E-state index < -0.39 is 0 Å². The molecule has 2 aromatic carbocycles. The third-order valence-electron chi connectivity index (χ3n) is 3.43. The summed E-state index contributed by atoms with van der Waals surface area (Å²) in [5.41, 5.74) is 7.10. The van der Waals surface area contributed by atoms with Crippen molar-refractivity contribution in [2.45, 2.75) is 0 Å². The number of halogens is 1. The predicted octanol–water partition coefficient (Wildman–Crippen LogP) is 4.98. The van der Waals surface area contributed by atoms with Crippen LogP contribution in [0.1, 0.15) is 5.56 Å². The van der Waals surface area contributed by atoms with Crippen molar-refractivity contribution in [3.05, 3.63) is 64.5 Å². The number of aromatic nitrogens is 1. The minimum absolute atomic E-state index is 0.720. The summed E-state index contributed by atoms with van der Waals surface area (Å²) in [5, 5.41) is 7.71. The SMILES string of the molecule is CN(C)c1ccc(C=NNc2nc(-c3ccc(Cl)cc3)cs2)cc1. The van der Waals surface area contributed by atoms with Crippen molar-refractivity contribution in [1.29, 1.82) is 0 Å². The molecule has 1 aromatic heterocycles. The molecule has 1 heterocycles. The second-order valence-corrected chi connectivity index (χ2v) is 6.70. The van der Waals surface area contributed by atoms with Crippen LogP contribution in [0.5, 0.6) is 0 Å². The van der Waals surface area contributed by atoms with Crippen LogP contribution in [0.4, 0.5) is 10.8 Å². The maximum atomic E-state index is 5.91. The summed E-state index contributed by atoms with van der Waals surface area (Å²) < 4.78 is 0. The van der Waals surface area contributed by atoms with Crippen LogP contribution in [0, 0.1) is 0 Å². The van der Waals surface area contributed by atoms with Gasteiger partial charge in [0.2, 0.25) is 5.13 Å². The molecule has 24 heavy (non-hydrogen) atoms. The average Bonchev–Trinajstić information content (AvgIpc) is 3.05. The van der Waals surface area contributed by atoms with Crippen LogP contribution in [0.15, 0.2) is 59.0 Å². The Morgan fingerprint density at radius 3 is 2.46 bits per heavy atom. The van der Waals surface area contributed by atoms with Crippen LogP contribution >= 0.6 is 22.9 Å². The van der Waals surface area contributed by atoms with Gasteiger partial charge in [-0.15, -0.1) is 11.3 Å². The van der Waals surface area contributed by atoms with E-state index in [1.807, 2.05) is 55.9 Å². The minimum atomic E-state index is 0.720. The zero-order valence-electron chi connectivity index (χ0n) is 13.4. The van der Waals surface area contributed by atoms with Crippen LogP contribution in [0.2, 0.25) is 5.02 Å². The summed E-state index contributed by atoms with van der Waals surface area (Å²) in [6.07, 6.45) is 1.78. The third kappa shape index (κ3) is 4.13. The first-order valence-corrected chi connectivity index (χ1v) is 8.65. The summed E-state index contributed by atoms with van der Waals surface area (Å²) >= 11 is 7.42. The summed E-state index contributed by atoms with van der Waals surface area (Å²) in [6, 6.07) is 15.8. The molecular weight excluding hydrogens is 340 g/mol. The highest BCUT2D eigenvalue weighted by Gasteiger charge is 2.03. The van der Waals surface area contributed by atoms with Crippen molar-refractivity contribution in [1.82, 2.24) is 4.98 Å². The van der Waals surface area contributed by atoms with E-state index in [1.165, 1.54) is 11.3 Å². The van der Waals surface area contributed by atoms with E-state index in [4.69, 9.17) is 11.6 Å².